The predicted molar refractivity (Wildman–Crippen MR) is 134 cm³/mol. The minimum absolute atomic E-state index is 0.0280. The van der Waals surface area contributed by atoms with E-state index >= 15 is 0 Å². The Bertz CT molecular complexity index is 877. The third kappa shape index (κ3) is 4.01. The van der Waals surface area contributed by atoms with Gasteiger partial charge in [-0.1, -0.05) is 26.8 Å². The zero-order valence-corrected chi connectivity index (χ0v) is 21.2. The van der Waals surface area contributed by atoms with Crippen LogP contribution in [0.15, 0.2) is 24.4 Å². The molecule has 1 amide bonds. The van der Waals surface area contributed by atoms with Crippen molar-refractivity contribution in [2.75, 3.05) is 5.32 Å². The fourth-order valence-corrected chi connectivity index (χ4v) is 9.36. The van der Waals surface area contributed by atoms with Crippen molar-refractivity contribution < 1.29 is 15.0 Å². The highest BCUT2D eigenvalue weighted by Crippen LogP contribution is 2.68. The van der Waals surface area contributed by atoms with E-state index < -0.39 is 0 Å². The van der Waals surface area contributed by atoms with Gasteiger partial charge in [0, 0.05) is 12.6 Å². The van der Waals surface area contributed by atoms with E-state index in [1.165, 1.54) is 25.7 Å². The van der Waals surface area contributed by atoms with Crippen LogP contribution in [0.25, 0.3) is 0 Å². The molecule has 5 heteroatoms. The normalized spacial score (nSPS) is 44.4. The van der Waals surface area contributed by atoms with Crippen LogP contribution in [-0.4, -0.2) is 33.3 Å². The molecule has 0 radical (unpaired) electrons. The average Bonchev–Trinajstić information content (AvgIpc) is 3.18. The Morgan fingerprint density at radius 2 is 1.94 bits per heavy atom. The van der Waals surface area contributed by atoms with Crippen LogP contribution in [0, 0.1) is 46.3 Å². The third-order valence-electron chi connectivity index (χ3n) is 11.3. The van der Waals surface area contributed by atoms with Gasteiger partial charge in [-0.3, -0.25) is 4.79 Å². The predicted octanol–water partition coefficient (Wildman–Crippen LogP) is 5.43. The molecule has 34 heavy (non-hydrogen) atoms. The van der Waals surface area contributed by atoms with Crippen molar-refractivity contribution in [1.29, 1.82) is 0 Å². The highest BCUT2D eigenvalue weighted by molar-refractivity contribution is 5.89. The second kappa shape index (κ2) is 9.20. The first kappa shape index (κ1) is 24.2. The van der Waals surface area contributed by atoms with Crippen molar-refractivity contribution in [2.45, 2.75) is 97.2 Å². The van der Waals surface area contributed by atoms with Gasteiger partial charge in [-0.05, 0) is 116 Å². The maximum atomic E-state index is 12.5. The molecule has 5 rings (SSSR count). The number of nitrogens with one attached hydrogen (secondary N) is 1. The van der Waals surface area contributed by atoms with E-state index in [-0.39, 0.29) is 28.9 Å². The molecule has 10 atom stereocenters. The smallest absolute Gasteiger partial charge is 0.225 e. The SMILES string of the molecule is C[C@H](CCC(=O)Nc1ccccn1)[C@@H]1CC[C@@H]2[C@@H]3CC[C@H]4C[C@H](O)CC[C@]4(C)[C@@H]3C[C@H](O)[C@@]21C. The second-order valence-corrected chi connectivity index (χ2v) is 12.7. The number of aliphatic hydroxyl groups excluding tert-OH is 2. The summed E-state index contributed by atoms with van der Waals surface area (Å²) in [5.41, 5.74) is 0.229. The van der Waals surface area contributed by atoms with E-state index in [2.05, 4.69) is 31.1 Å². The molecular formula is C29H44N2O3. The Balaban J connectivity index is 1.26. The number of rotatable bonds is 5. The summed E-state index contributed by atoms with van der Waals surface area (Å²) in [5.74, 6) is 4.01. The summed E-state index contributed by atoms with van der Waals surface area (Å²) in [4.78, 5) is 16.7. The first-order valence-electron chi connectivity index (χ1n) is 13.8. The number of amides is 1. The van der Waals surface area contributed by atoms with Gasteiger partial charge in [0.1, 0.15) is 5.82 Å². The monoisotopic (exact) mass is 468 g/mol. The van der Waals surface area contributed by atoms with Crippen molar-refractivity contribution in [2.24, 2.45) is 46.3 Å². The molecule has 0 saturated heterocycles. The van der Waals surface area contributed by atoms with Gasteiger partial charge in [0.05, 0.1) is 12.2 Å². The van der Waals surface area contributed by atoms with E-state index in [1.807, 2.05) is 18.2 Å². The Morgan fingerprint density at radius 1 is 1.12 bits per heavy atom. The summed E-state index contributed by atoms with van der Waals surface area (Å²) in [6.45, 7) is 7.15. The van der Waals surface area contributed by atoms with Gasteiger partial charge in [0.15, 0.2) is 0 Å². The number of hydrogen-bond donors (Lipinski definition) is 3. The fraction of sp³-hybridized carbons (Fsp3) is 0.793. The molecule has 0 spiro atoms. The highest BCUT2D eigenvalue weighted by Gasteiger charge is 2.63. The van der Waals surface area contributed by atoms with Gasteiger partial charge in [-0.15, -0.1) is 0 Å². The summed E-state index contributed by atoms with van der Waals surface area (Å²) in [5, 5.41) is 24.9. The van der Waals surface area contributed by atoms with E-state index in [1.54, 1.807) is 6.20 Å². The molecule has 4 fully saturated rings. The molecule has 188 valence electrons. The number of fused-ring (bicyclic) bond motifs is 5. The molecule has 4 aliphatic carbocycles. The summed E-state index contributed by atoms with van der Waals surface area (Å²) in [6.07, 6.45) is 11.5. The molecule has 3 N–H and O–H groups in total. The van der Waals surface area contributed by atoms with Crippen LogP contribution in [0.3, 0.4) is 0 Å². The number of anilines is 1. The first-order valence-corrected chi connectivity index (χ1v) is 13.8. The van der Waals surface area contributed by atoms with Gasteiger partial charge in [-0.25, -0.2) is 4.98 Å². The van der Waals surface area contributed by atoms with Gasteiger partial charge in [0.2, 0.25) is 5.91 Å². The molecule has 4 saturated carbocycles. The lowest BCUT2D eigenvalue weighted by atomic mass is 9.43. The molecule has 1 aromatic rings. The minimum Gasteiger partial charge on any atom is -0.393 e. The van der Waals surface area contributed by atoms with Gasteiger partial charge in [0.25, 0.3) is 0 Å². The van der Waals surface area contributed by atoms with Crippen molar-refractivity contribution in [1.82, 2.24) is 4.98 Å². The number of hydrogen-bond acceptors (Lipinski definition) is 4. The van der Waals surface area contributed by atoms with Crippen LogP contribution >= 0.6 is 0 Å². The summed E-state index contributed by atoms with van der Waals surface area (Å²) < 4.78 is 0. The fourth-order valence-electron chi connectivity index (χ4n) is 9.36. The zero-order chi connectivity index (χ0) is 24.1. The quantitative estimate of drug-likeness (QED) is 0.538. The lowest BCUT2D eigenvalue weighted by Crippen LogP contribution is -2.58. The van der Waals surface area contributed by atoms with Gasteiger partial charge < -0.3 is 15.5 Å². The lowest BCUT2D eigenvalue weighted by molar-refractivity contribution is -0.174. The van der Waals surface area contributed by atoms with Crippen molar-refractivity contribution in [3.63, 3.8) is 0 Å². The maximum Gasteiger partial charge on any atom is 0.225 e. The van der Waals surface area contributed by atoms with Crippen LogP contribution in [-0.2, 0) is 4.79 Å². The lowest BCUT2D eigenvalue weighted by Gasteiger charge is -2.62. The molecule has 4 aliphatic rings. The van der Waals surface area contributed by atoms with E-state index in [0.717, 1.165) is 32.1 Å². The van der Waals surface area contributed by atoms with Crippen molar-refractivity contribution in [3.8, 4) is 0 Å². The summed E-state index contributed by atoms with van der Waals surface area (Å²) in [6, 6.07) is 5.55. The zero-order valence-electron chi connectivity index (χ0n) is 21.2. The Morgan fingerprint density at radius 3 is 2.71 bits per heavy atom. The topological polar surface area (TPSA) is 82.5 Å². The average molecular weight is 469 g/mol. The van der Waals surface area contributed by atoms with Crippen LogP contribution in [0.5, 0.6) is 0 Å². The first-order chi connectivity index (χ1) is 16.2. The van der Waals surface area contributed by atoms with Crippen molar-refractivity contribution >= 4 is 11.7 Å². The van der Waals surface area contributed by atoms with Crippen LogP contribution in [0.2, 0.25) is 0 Å². The molecule has 0 aromatic carbocycles. The highest BCUT2D eigenvalue weighted by atomic mass is 16.3. The third-order valence-corrected chi connectivity index (χ3v) is 11.3. The minimum atomic E-state index is -0.265. The number of nitrogens with zero attached hydrogens (tertiary/aromatic N) is 1. The molecule has 0 bridgehead atoms. The standard InChI is InChI=1S/C29H44N2O3/c1-18(7-12-27(34)31-26-6-4-5-15-30-26)22-10-11-23-21-9-8-19-16-20(32)13-14-28(19,2)24(21)17-25(33)29(22,23)3/h4-6,15,18-25,32-33H,7-14,16-17H2,1-3H3,(H,30,31,34)/t18-,19+,20-,21+,22+,23-,24-,25+,28+,29-/m1/s1. The largest absolute Gasteiger partial charge is 0.393 e. The van der Waals surface area contributed by atoms with Crippen molar-refractivity contribution in [3.05, 3.63) is 24.4 Å². The Kier molecular flexibility index (Phi) is 6.56. The van der Waals surface area contributed by atoms with E-state index in [0.29, 0.717) is 47.7 Å². The molecule has 5 nitrogen and oxygen atoms in total. The number of carbonyl (C=O) groups excluding carboxylic acids is 1. The summed E-state index contributed by atoms with van der Waals surface area (Å²) >= 11 is 0. The molecule has 1 heterocycles. The Hall–Kier alpha value is -1.46. The summed E-state index contributed by atoms with van der Waals surface area (Å²) in [7, 11) is 0. The number of aliphatic hydroxyl groups is 2. The maximum absolute atomic E-state index is 12.5. The number of carbonyl (C=O) groups is 1. The Labute approximate surface area is 205 Å². The van der Waals surface area contributed by atoms with Crippen LogP contribution in [0.4, 0.5) is 5.82 Å². The van der Waals surface area contributed by atoms with Gasteiger partial charge in [-0.2, -0.15) is 0 Å². The molecular weight excluding hydrogens is 424 g/mol. The second-order valence-electron chi connectivity index (χ2n) is 12.7. The van der Waals surface area contributed by atoms with E-state index in [9.17, 15) is 15.0 Å². The molecule has 0 aliphatic heterocycles. The number of pyridine rings is 1. The van der Waals surface area contributed by atoms with Crippen LogP contribution < -0.4 is 5.32 Å². The van der Waals surface area contributed by atoms with Gasteiger partial charge >= 0.3 is 0 Å². The van der Waals surface area contributed by atoms with Crippen LogP contribution in [0.1, 0.15) is 85.0 Å². The number of aromatic nitrogens is 1. The van der Waals surface area contributed by atoms with E-state index in [4.69, 9.17) is 0 Å². The molecule has 0 unspecified atom stereocenters. The molecule has 1 aromatic heterocycles.